The second-order valence-electron chi connectivity index (χ2n) is 8.63. The molecule has 0 saturated carbocycles. The molecule has 1 aliphatic heterocycles. The van der Waals surface area contributed by atoms with E-state index in [1.807, 2.05) is 0 Å². The van der Waals surface area contributed by atoms with Crippen LogP contribution in [0.25, 0.3) is 6.08 Å². The summed E-state index contributed by atoms with van der Waals surface area (Å²) in [6, 6.07) is 8.14. The molecule has 204 valence electrons. The minimum absolute atomic E-state index is 0.0313. The van der Waals surface area contributed by atoms with E-state index in [9.17, 15) is 35.7 Å². The average molecular weight is 523 g/mol. The molecule has 0 bridgehead atoms. The molecule has 11 heteroatoms. The normalized spacial score (nSPS) is 24.7. The van der Waals surface area contributed by atoms with Crippen LogP contribution < -0.4 is 14.2 Å². The van der Waals surface area contributed by atoms with Gasteiger partial charge in [0.1, 0.15) is 24.4 Å². The highest BCUT2D eigenvalue weighted by Gasteiger charge is 2.45. The third-order valence-electron chi connectivity index (χ3n) is 6.21. The second-order valence-corrected chi connectivity index (χ2v) is 8.63. The van der Waals surface area contributed by atoms with E-state index >= 15 is 0 Å². The summed E-state index contributed by atoms with van der Waals surface area (Å²) in [5.74, 6) is -0.0162. The Hall–Kier alpha value is -2.90. The van der Waals surface area contributed by atoms with Crippen molar-refractivity contribution in [1.82, 2.24) is 0 Å². The summed E-state index contributed by atoms with van der Waals surface area (Å²) in [7, 11) is 2.83. The number of benzene rings is 2. The van der Waals surface area contributed by atoms with Gasteiger partial charge >= 0.3 is 0 Å². The zero-order valence-corrected chi connectivity index (χ0v) is 20.6. The van der Waals surface area contributed by atoms with Crippen molar-refractivity contribution in [3.63, 3.8) is 0 Å². The van der Waals surface area contributed by atoms with E-state index in [0.717, 1.165) is 5.56 Å². The van der Waals surface area contributed by atoms with Crippen molar-refractivity contribution in [3.8, 4) is 23.0 Å². The fraction of sp³-hybridized carbons (Fsp3) is 0.462. The highest BCUT2D eigenvalue weighted by molar-refractivity contribution is 5.60. The molecule has 0 aromatic heterocycles. The van der Waals surface area contributed by atoms with E-state index in [1.165, 1.54) is 26.4 Å². The van der Waals surface area contributed by atoms with Crippen molar-refractivity contribution in [2.45, 2.75) is 43.0 Å². The summed E-state index contributed by atoms with van der Waals surface area (Å²) in [6.07, 6.45) is -4.04. The number of aromatic hydroxyl groups is 1. The predicted molar refractivity (Wildman–Crippen MR) is 132 cm³/mol. The molecule has 6 atom stereocenters. The Morgan fingerprint density at radius 1 is 0.946 bits per heavy atom. The molecule has 1 heterocycles. The van der Waals surface area contributed by atoms with E-state index < -0.39 is 43.2 Å². The smallest absolute Gasteiger partial charge is 0.229 e. The fourth-order valence-corrected chi connectivity index (χ4v) is 4.20. The molecule has 0 unspecified atom stereocenters. The lowest BCUT2D eigenvalue weighted by molar-refractivity contribution is -0.277. The van der Waals surface area contributed by atoms with Crippen molar-refractivity contribution < 1.29 is 54.7 Å². The van der Waals surface area contributed by atoms with Crippen LogP contribution in [0.5, 0.6) is 23.0 Å². The summed E-state index contributed by atoms with van der Waals surface area (Å²) in [5, 5.41) is 69.9. The molecule has 0 aliphatic carbocycles. The molecule has 0 spiro atoms. The topological polar surface area (TPSA) is 179 Å². The van der Waals surface area contributed by atoms with Gasteiger partial charge < -0.3 is 54.7 Å². The molecule has 3 rings (SSSR count). The summed E-state index contributed by atoms with van der Waals surface area (Å²) in [6.45, 7) is -1.15. The number of phenolic OH excluding ortho intramolecular Hbond substituents is 1. The van der Waals surface area contributed by atoms with Gasteiger partial charge in [0.15, 0.2) is 23.0 Å². The van der Waals surface area contributed by atoms with E-state index in [0.29, 0.717) is 11.1 Å². The lowest BCUT2D eigenvalue weighted by Gasteiger charge is -2.40. The van der Waals surface area contributed by atoms with Crippen molar-refractivity contribution >= 4 is 6.08 Å². The van der Waals surface area contributed by atoms with Gasteiger partial charge in [0.2, 0.25) is 6.29 Å². The van der Waals surface area contributed by atoms with Gasteiger partial charge in [-0.05, 0) is 41.8 Å². The molecule has 7 N–H and O–H groups in total. The highest BCUT2D eigenvalue weighted by Crippen LogP contribution is 2.41. The first-order chi connectivity index (χ1) is 17.8. The Kier molecular flexibility index (Phi) is 10.1. The first-order valence-corrected chi connectivity index (χ1v) is 11.7. The zero-order valence-electron chi connectivity index (χ0n) is 20.6. The number of aliphatic hydroxyl groups excluding tert-OH is 6. The number of methoxy groups -OCH3 is 2. The first kappa shape index (κ1) is 28.7. The molecule has 0 amide bonds. The monoisotopic (exact) mass is 522 g/mol. The number of hydrogen-bond donors (Lipinski definition) is 7. The van der Waals surface area contributed by atoms with Crippen LogP contribution in [0.2, 0.25) is 0 Å². The molecule has 2 aromatic rings. The van der Waals surface area contributed by atoms with Crippen molar-refractivity contribution in [2.24, 2.45) is 0 Å². The molecular formula is C26H34O11. The Morgan fingerprint density at radius 2 is 1.68 bits per heavy atom. The van der Waals surface area contributed by atoms with Gasteiger partial charge in [-0.2, -0.15) is 0 Å². The molecule has 0 radical (unpaired) electrons. The minimum Gasteiger partial charge on any atom is -0.504 e. The maximum Gasteiger partial charge on any atom is 0.229 e. The van der Waals surface area contributed by atoms with E-state index in [-0.39, 0.29) is 42.6 Å². The Bertz CT molecular complexity index is 1060. The third-order valence-corrected chi connectivity index (χ3v) is 6.21. The van der Waals surface area contributed by atoms with Gasteiger partial charge in [-0.3, -0.25) is 0 Å². The van der Waals surface area contributed by atoms with Crippen molar-refractivity contribution in [2.75, 3.05) is 34.0 Å². The molecule has 1 fully saturated rings. The van der Waals surface area contributed by atoms with Gasteiger partial charge in [-0.25, -0.2) is 0 Å². The quantitative estimate of drug-likeness (QED) is 0.210. The van der Waals surface area contributed by atoms with Crippen LogP contribution in [0.3, 0.4) is 0 Å². The van der Waals surface area contributed by atoms with Gasteiger partial charge in [0.05, 0.1) is 34.0 Å². The second kappa shape index (κ2) is 13.1. The van der Waals surface area contributed by atoms with Gasteiger partial charge in [-0.1, -0.05) is 18.2 Å². The van der Waals surface area contributed by atoms with E-state index in [2.05, 4.69) is 0 Å². The molecule has 2 aromatic carbocycles. The summed E-state index contributed by atoms with van der Waals surface area (Å²) in [5.41, 5.74) is 1.83. The van der Waals surface area contributed by atoms with E-state index in [4.69, 9.17) is 18.9 Å². The summed E-state index contributed by atoms with van der Waals surface area (Å²) >= 11 is 0. The lowest BCUT2D eigenvalue weighted by atomic mass is 9.90. The third kappa shape index (κ3) is 6.51. The Balaban J connectivity index is 2.06. The van der Waals surface area contributed by atoms with Gasteiger partial charge in [0.25, 0.3) is 0 Å². The number of rotatable bonds is 11. The summed E-state index contributed by atoms with van der Waals surface area (Å²) < 4.78 is 22.2. The number of phenols is 1. The minimum atomic E-state index is -1.65. The average Bonchev–Trinajstić information content (AvgIpc) is 2.91. The van der Waals surface area contributed by atoms with Crippen LogP contribution in [0, 0.1) is 0 Å². The van der Waals surface area contributed by atoms with Gasteiger partial charge in [0, 0.05) is 11.5 Å². The largest absolute Gasteiger partial charge is 0.504 e. The maximum atomic E-state index is 10.5. The molecule has 1 aliphatic rings. The number of ether oxygens (including phenoxy) is 4. The van der Waals surface area contributed by atoms with Gasteiger partial charge in [-0.15, -0.1) is 0 Å². The molecule has 37 heavy (non-hydrogen) atoms. The molecule has 11 nitrogen and oxygen atoms in total. The molecular weight excluding hydrogens is 488 g/mol. The maximum absolute atomic E-state index is 10.5. The van der Waals surface area contributed by atoms with Crippen LogP contribution in [0.15, 0.2) is 36.4 Å². The summed E-state index contributed by atoms with van der Waals surface area (Å²) in [4.78, 5) is 0. The number of hydrogen-bond acceptors (Lipinski definition) is 11. The van der Waals surface area contributed by atoms with Crippen molar-refractivity contribution in [3.05, 3.63) is 53.1 Å². The molecule has 1 saturated heterocycles. The highest BCUT2D eigenvalue weighted by atomic mass is 16.7. The fourth-order valence-electron chi connectivity index (χ4n) is 4.20. The Morgan fingerprint density at radius 3 is 2.30 bits per heavy atom. The van der Waals surface area contributed by atoms with Crippen LogP contribution in [-0.4, -0.2) is 100 Å². The van der Waals surface area contributed by atoms with Crippen molar-refractivity contribution in [1.29, 1.82) is 0 Å². The zero-order chi connectivity index (χ0) is 27.1. The SMILES string of the molecule is COc1cc(C[C@@H](CO)c2cc(/C=C/CO)cc(OC)c2O[C@@H]2O[C@H](CO)[C@@H](O)[C@H](O)[C@H]2O)ccc1O. The standard InChI is InChI=1S/C26H34O11/c1-34-19-10-15(5-6-18(19)30)8-16(12-28)17-9-14(4-3-7-27)11-20(35-2)25(17)37-26-24(33)23(32)22(31)21(13-29)36-26/h3-6,9-11,16,21-24,26-33H,7-8,12-13H2,1-2H3/b4-3+/t16-,21+,22+,23-,24+,26-/m0/s1. The van der Waals surface area contributed by atoms with Crippen LogP contribution in [0.4, 0.5) is 0 Å². The first-order valence-electron chi connectivity index (χ1n) is 11.7. The van der Waals surface area contributed by atoms with Crippen LogP contribution in [0.1, 0.15) is 22.6 Å². The van der Waals surface area contributed by atoms with E-state index in [1.54, 1.807) is 30.3 Å². The van der Waals surface area contributed by atoms with Crippen LogP contribution in [-0.2, 0) is 11.2 Å². The predicted octanol–water partition coefficient (Wildman–Crippen LogP) is -0.0878. The Labute approximate surface area is 214 Å². The number of aliphatic hydroxyl groups is 6. The lowest BCUT2D eigenvalue weighted by Crippen LogP contribution is -2.60. The van der Waals surface area contributed by atoms with Crippen LogP contribution >= 0.6 is 0 Å².